The van der Waals surface area contributed by atoms with Gasteiger partial charge in [0, 0.05) is 17.1 Å². The zero-order valence-corrected chi connectivity index (χ0v) is 4.89. The van der Waals surface area contributed by atoms with Crippen molar-refractivity contribution in [3.63, 3.8) is 0 Å². The molecular weight excluding hydrogens is 170 g/mol. The molecule has 0 bridgehead atoms. The molecule has 0 heterocycles. The van der Waals surface area contributed by atoms with Crippen molar-refractivity contribution in [3.8, 4) is 0 Å². The van der Waals surface area contributed by atoms with Gasteiger partial charge in [-0.2, -0.15) is 0 Å². The first-order valence-corrected chi connectivity index (χ1v) is 2.45. The second-order valence-corrected chi connectivity index (χ2v) is 1.68. The van der Waals surface area contributed by atoms with Gasteiger partial charge in [0.2, 0.25) is 0 Å². The maximum Gasteiger partial charge on any atom is 0.500 e. The molecule has 0 aromatic carbocycles. The molecule has 0 aromatic rings. The molecule has 46 valence electrons. The van der Waals surface area contributed by atoms with E-state index in [9.17, 15) is 4.53 Å². The summed E-state index contributed by atoms with van der Waals surface area (Å²) in [6.07, 6.45) is 0. The van der Waals surface area contributed by atoms with E-state index >= 15 is 0 Å². The molecular formula is H2FFeO4P. The van der Waals surface area contributed by atoms with Crippen molar-refractivity contribution in [2.45, 2.75) is 0 Å². The van der Waals surface area contributed by atoms with Crippen LogP contribution in [0.4, 0.5) is 4.53 Å². The Hall–Kier alpha value is 0.559. The van der Waals surface area contributed by atoms with Crippen LogP contribution in [0.3, 0.4) is 0 Å². The van der Waals surface area contributed by atoms with Crippen LogP contribution in [-0.4, -0.2) is 9.79 Å². The van der Waals surface area contributed by atoms with Crippen LogP contribution in [0.15, 0.2) is 0 Å². The Morgan fingerprint density at radius 1 is 1.57 bits per heavy atom. The number of halogens is 1. The van der Waals surface area contributed by atoms with Crippen LogP contribution >= 0.6 is 7.82 Å². The third-order valence-corrected chi connectivity index (χ3v) is 0.270. The summed E-state index contributed by atoms with van der Waals surface area (Å²) >= 11 is 0. The Labute approximate surface area is 49.3 Å². The first-order valence-electron chi connectivity index (χ1n) is 0.919. The van der Waals surface area contributed by atoms with Gasteiger partial charge in [0.15, 0.2) is 0 Å². The Kier molecular flexibility index (Phi) is 5.33. The average molecular weight is 172 g/mol. The maximum absolute atomic E-state index is 10.2. The fourth-order valence-corrected chi connectivity index (χ4v) is 0. The number of hydrogen-bond donors (Lipinski definition) is 2. The second kappa shape index (κ2) is 3.55. The first-order chi connectivity index (χ1) is 2.56. The van der Waals surface area contributed by atoms with Gasteiger partial charge in [-0.3, -0.25) is 0 Å². The van der Waals surface area contributed by atoms with Crippen LogP contribution in [0, 0.1) is 0 Å². The Morgan fingerprint density at radius 3 is 1.71 bits per heavy atom. The summed E-state index contributed by atoms with van der Waals surface area (Å²) in [5.74, 6) is 0. The molecule has 0 aromatic heterocycles. The molecule has 0 aliphatic heterocycles. The van der Waals surface area contributed by atoms with E-state index in [1.165, 1.54) is 0 Å². The Balaban J connectivity index is 0. The molecule has 0 saturated carbocycles. The summed E-state index contributed by atoms with van der Waals surface area (Å²) in [4.78, 5) is 14.7. The second-order valence-electron chi connectivity index (χ2n) is 0.560. The van der Waals surface area contributed by atoms with Gasteiger partial charge in [-0.05, 0) is 4.53 Å². The van der Waals surface area contributed by atoms with E-state index in [4.69, 9.17) is 14.4 Å². The summed E-state index contributed by atoms with van der Waals surface area (Å²) in [5.41, 5.74) is 0. The van der Waals surface area contributed by atoms with E-state index in [0.717, 1.165) is 0 Å². The fraction of sp³-hybridized carbons (Fsp3) is 0. The van der Waals surface area contributed by atoms with E-state index in [1.807, 2.05) is 0 Å². The summed E-state index contributed by atoms with van der Waals surface area (Å²) in [6, 6.07) is 0. The number of phosphoric acid groups is 1. The molecule has 0 amide bonds. The summed E-state index contributed by atoms with van der Waals surface area (Å²) in [6.45, 7) is 0. The van der Waals surface area contributed by atoms with Crippen molar-refractivity contribution < 1.29 is 40.7 Å². The quantitative estimate of drug-likeness (QED) is 0.430. The smallest absolute Gasteiger partial charge is 0.301 e. The fourth-order valence-electron chi connectivity index (χ4n) is 0. The largest absolute Gasteiger partial charge is 0.500 e. The predicted octanol–water partition coefficient (Wildman–Crippen LogP) is -0.0223. The molecule has 2 N–H and O–H groups in total. The molecule has 7 heavy (non-hydrogen) atoms. The van der Waals surface area contributed by atoms with Crippen LogP contribution in [0.1, 0.15) is 0 Å². The summed E-state index contributed by atoms with van der Waals surface area (Å²) < 4.78 is 21.4. The van der Waals surface area contributed by atoms with Gasteiger partial charge >= 0.3 is 7.82 Å². The minimum absolute atomic E-state index is 0. The molecule has 7 heteroatoms. The van der Waals surface area contributed by atoms with E-state index in [2.05, 4.69) is 4.73 Å². The molecule has 0 aliphatic carbocycles. The van der Waals surface area contributed by atoms with Crippen molar-refractivity contribution >= 4 is 7.82 Å². The average Bonchev–Trinajstić information content (AvgIpc) is 1.35. The van der Waals surface area contributed by atoms with Gasteiger partial charge in [-0.1, -0.05) is 4.73 Å². The molecule has 0 unspecified atom stereocenters. The van der Waals surface area contributed by atoms with Crippen molar-refractivity contribution in [1.29, 1.82) is 0 Å². The zero-order chi connectivity index (χ0) is 5.21. The van der Waals surface area contributed by atoms with Crippen LogP contribution in [-0.2, 0) is 26.4 Å². The molecule has 0 rings (SSSR count). The monoisotopic (exact) mass is 172 g/mol. The zero-order valence-electron chi connectivity index (χ0n) is 2.89. The molecule has 4 nitrogen and oxygen atoms in total. The van der Waals surface area contributed by atoms with Gasteiger partial charge in [-0.25, -0.2) is 4.57 Å². The topological polar surface area (TPSA) is 66.8 Å². The van der Waals surface area contributed by atoms with Gasteiger partial charge < -0.3 is 9.79 Å². The van der Waals surface area contributed by atoms with Gasteiger partial charge in [-0.15, -0.1) is 0 Å². The molecule has 0 aliphatic rings. The molecule has 0 saturated heterocycles. The molecule has 0 atom stereocenters. The van der Waals surface area contributed by atoms with E-state index in [0.29, 0.717) is 0 Å². The van der Waals surface area contributed by atoms with Crippen molar-refractivity contribution in [3.05, 3.63) is 0 Å². The standard InChI is InChI=1S/FH2O4P.Fe/c1-5-6(2,3)4;/h(H2,2,3,4);. The maximum atomic E-state index is 10.2. The van der Waals surface area contributed by atoms with E-state index < -0.39 is 7.82 Å². The van der Waals surface area contributed by atoms with E-state index in [-0.39, 0.29) is 17.1 Å². The van der Waals surface area contributed by atoms with Crippen molar-refractivity contribution in [2.24, 2.45) is 0 Å². The molecule has 0 radical (unpaired) electrons. The minimum Gasteiger partial charge on any atom is -0.301 e. The van der Waals surface area contributed by atoms with Crippen LogP contribution in [0.2, 0.25) is 0 Å². The normalized spacial score (nSPS) is 10.1. The minimum atomic E-state index is -4.81. The summed E-state index contributed by atoms with van der Waals surface area (Å²) in [7, 11) is -4.81. The van der Waals surface area contributed by atoms with Crippen molar-refractivity contribution in [1.82, 2.24) is 0 Å². The van der Waals surface area contributed by atoms with Gasteiger partial charge in [0.25, 0.3) is 0 Å². The number of rotatable bonds is 1. The molecule has 0 fully saturated rings. The number of hydrogen-bond acceptors (Lipinski definition) is 2. The Bertz CT molecular complexity index is 75.8. The van der Waals surface area contributed by atoms with Gasteiger partial charge in [0.1, 0.15) is 0 Å². The predicted molar refractivity (Wildman–Crippen MR) is 14.2 cm³/mol. The van der Waals surface area contributed by atoms with Crippen LogP contribution in [0.5, 0.6) is 0 Å². The van der Waals surface area contributed by atoms with Crippen LogP contribution in [0.25, 0.3) is 0 Å². The Morgan fingerprint density at radius 2 is 1.71 bits per heavy atom. The third kappa shape index (κ3) is 10.8. The molecule has 0 spiro atoms. The summed E-state index contributed by atoms with van der Waals surface area (Å²) in [5, 5.41) is 0. The SMILES string of the molecule is O=P(O)(O)OF.[Fe]. The first kappa shape index (κ1) is 10.5. The van der Waals surface area contributed by atoms with Gasteiger partial charge in [0.05, 0.1) is 0 Å². The van der Waals surface area contributed by atoms with Crippen LogP contribution < -0.4 is 0 Å². The third-order valence-electron chi connectivity index (χ3n) is 0.0899. The van der Waals surface area contributed by atoms with Crippen molar-refractivity contribution in [2.75, 3.05) is 0 Å². The van der Waals surface area contributed by atoms with E-state index in [1.54, 1.807) is 0 Å².